The number of hydrogen-bond donors (Lipinski definition) is 0. The van der Waals surface area contributed by atoms with E-state index >= 15 is 0 Å². The first-order chi connectivity index (χ1) is 9.94. The highest BCUT2D eigenvalue weighted by molar-refractivity contribution is 7.95. The van der Waals surface area contributed by atoms with Crippen LogP contribution in [-0.2, 0) is 20.6 Å². The number of allylic oxidation sites excluding steroid dienone is 5. The van der Waals surface area contributed by atoms with Gasteiger partial charge in [0.15, 0.2) is 9.84 Å². The monoisotopic (exact) mass is 324 g/mol. The van der Waals surface area contributed by atoms with Crippen LogP contribution < -0.4 is 0 Å². The molecule has 2 atom stereocenters. The Labute approximate surface area is 128 Å². The number of hydrogen-bond acceptors (Lipinski definition) is 3. The van der Waals surface area contributed by atoms with E-state index in [2.05, 4.69) is 6.92 Å². The third-order valence-electron chi connectivity index (χ3n) is 4.70. The van der Waals surface area contributed by atoms with Gasteiger partial charge < -0.3 is 0 Å². The number of fused-ring (bicyclic) bond motifs is 1. The van der Waals surface area contributed by atoms with Crippen LogP contribution in [0.5, 0.6) is 0 Å². The SMILES string of the molecule is CC=C1C(=C(C)C2CCCC3=CS(=O)C=C32)CCS1(=O)=O. The van der Waals surface area contributed by atoms with E-state index < -0.39 is 20.6 Å². The van der Waals surface area contributed by atoms with Gasteiger partial charge in [0.05, 0.1) is 21.5 Å². The van der Waals surface area contributed by atoms with Crippen LogP contribution in [0.3, 0.4) is 0 Å². The van der Waals surface area contributed by atoms with Crippen LogP contribution in [0, 0.1) is 5.92 Å². The largest absolute Gasteiger partial charge is 0.250 e. The van der Waals surface area contributed by atoms with Gasteiger partial charge in [0.1, 0.15) is 0 Å². The van der Waals surface area contributed by atoms with Crippen LogP contribution in [0.2, 0.25) is 0 Å². The molecule has 1 aliphatic carbocycles. The molecule has 0 amide bonds. The Bertz CT molecular complexity index is 733. The maximum Gasteiger partial charge on any atom is 0.178 e. The van der Waals surface area contributed by atoms with Gasteiger partial charge in [0.2, 0.25) is 0 Å². The zero-order valence-electron chi connectivity index (χ0n) is 12.4. The summed E-state index contributed by atoms with van der Waals surface area (Å²) in [5, 5.41) is 3.70. The van der Waals surface area contributed by atoms with Crippen molar-refractivity contribution in [1.82, 2.24) is 0 Å². The van der Waals surface area contributed by atoms with Gasteiger partial charge >= 0.3 is 0 Å². The third-order valence-corrected chi connectivity index (χ3v) is 7.60. The summed E-state index contributed by atoms with van der Waals surface area (Å²) in [5.74, 6) is 0.453. The van der Waals surface area contributed by atoms with Gasteiger partial charge in [-0.25, -0.2) is 8.42 Å². The lowest BCUT2D eigenvalue weighted by Gasteiger charge is -2.27. The van der Waals surface area contributed by atoms with Crippen molar-refractivity contribution in [3.8, 4) is 0 Å². The lowest BCUT2D eigenvalue weighted by molar-refractivity contribution is 0.558. The van der Waals surface area contributed by atoms with Crippen LogP contribution in [-0.4, -0.2) is 18.4 Å². The maximum absolute atomic E-state index is 12.1. The molecular weight excluding hydrogens is 304 g/mol. The highest BCUT2D eigenvalue weighted by Crippen LogP contribution is 2.44. The predicted octanol–water partition coefficient (Wildman–Crippen LogP) is 3.36. The molecule has 0 aromatic rings. The predicted molar refractivity (Wildman–Crippen MR) is 86.5 cm³/mol. The molecule has 0 N–H and O–H groups in total. The molecule has 1 saturated heterocycles. The fraction of sp³-hybridized carbons (Fsp3) is 0.500. The van der Waals surface area contributed by atoms with Crippen molar-refractivity contribution in [2.24, 2.45) is 5.92 Å². The van der Waals surface area contributed by atoms with Crippen LogP contribution in [0.1, 0.15) is 39.5 Å². The molecule has 0 aromatic carbocycles. The highest BCUT2D eigenvalue weighted by atomic mass is 32.2. The fourth-order valence-electron chi connectivity index (χ4n) is 3.67. The summed E-state index contributed by atoms with van der Waals surface area (Å²) in [5.41, 5.74) is 4.51. The average Bonchev–Trinajstić information content (AvgIpc) is 2.95. The molecule has 0 aromatic heterocycles. The fourth-order valence-corrected chi connectivity index (χ4v) is 6.53. The Balaban J connectivity index is 2.05. The van der Waals surface area contributed by atoms with Gasteiger partial charge in [0, 0.05) is 16.7 Å². The van der Waals surface area contributed by atoms with Crippen molar-refractivity contribution in [2.45, 2.75) is 39.5 Å². The molecule has 2 heterocycles. The molecule has 3 rings (SSSR count). The van der Waals surface area contributed by atoms with E-state index in [0.717, 1.165) is 30.4 Å². The molecule has 2 fully saturated rings. The summed E-state index contributed by atoms with van der Waals surface area (Å²) in [6.07, 6.45) is 5.42. The first-order valence-electron chi connectivity index (χ1n) is 7.35. The second-order valence-electron chi connectivity index (χ2n) is 5.87. The zero-order valence-corrected chi connectivity index (χ0v) is 14.0. The van der Waals surface area contributed by atoms with Gasteiger partial charge in [0.25, 0.3) is 0 Å². The minimum absolute atomic E-state index is 0.222. The Morgan fingerprint density at radius 2 is 2.10 bits per heavy atom. The minimum atomic E-state index is -3.09. The average molecular weight is 324 g/mol. The zero-order chi connectivity index (χ0) is 15.2. The minimum Gasteiger partial charge on any atom is -0.250 e. The smallest absolute Gasteiger partial charge is 0.178 e. The molecule has 2 aliphatic heterocycles. The molecule has 3 aliphatic rings. The van der Waals surface area contributed by atoms with E-state index in [-0.39, 0.29) is 11.7 Å². The van der Waals surface area contributed by atoms with Gasteiger partial charge in [-0.15, -0.1) is 0 Å². The molecular formula is C16H20O3S2. The molecule has 3 nitrogen and oxygen atoms in total. The van der Waals surface area contributed by atoms with E-state index in [1.54, 1.807) is 13.0 Å². The van der Waals surface area contributed by atoms with Crippen LogP contribution in [0.4, 0.5) is 0 Å². The van der Waals surface area contributed by atoms with Crippen molar-refractivity contribution < 1.29 is 12.6 Å². The molecule has 0 bridgehead atoms. The normalized spacial score (nSPS) is 35.4. The quantitative estimate of drug-likeness (QED) is 0.743. The van der Waals surface area contributed by atoms with E-state index in [1.165, 1.54) is 11.1 Å². The molecule has 114 valence electrons. The van der Waals surface area contributed by atoms with Gasteiger partial charge in [-0.2, -0.15) is 0 Å². The molecule has 2 unspecified atom stereocenters. The van der Waals surface area contributed by atoms with Gasteiger partial charge in [-0.1, -0.05) is 11.6 Å². The first kappa shape index (κ1) is 15.0. The summed E-state index contributed by atoms with van der Waals surface area (Å²) in [6, 6.07) is 0. The Hall–Kier alpha value is -0.940. The Morgan fingerprint density at radius 1 is 1.33 bits per heavy atom. The Morgan fingerprint density at radius 3 is 2.81 bits per heavy atom. The van der Waals surface area contributed by atoms with Crippen molar-refractivity contribution >= 4 is 20.6 Å². The van der Waals surface area contributed by atoms with Crippen LogP contribution in [0.15, 0.2) is 44.1 Å². The van der Waals surface area contributed by atoms with E-state index in [0.29, 0.717) is 11.3 Å². The number of rotatable bonds is 1. The highest BCUT2D eigenvalue weighted by Gasteiger charge is 2.34. The van der Waals surface area contributed by atoms with Crippen molar-refractivity contribution in [1.29, 1.82) is 0 Å². The van der Waals surface area contributed by atoms with Gasteiger partial charge in [-0.3, -0.25) is 4.21 Å². The van der Waals surface area contributed by atoms with E-state index in [9.17, 15) is 12.6 Å². The molecule has 1 saturated carbocycles. The summed E-state index contributed by atoms with van der Waals surface area (Å²) in [4.78, 5) is 0.510. The lowest BCUT2D eigenvalue weighted by atomic mass is 9.77. The summed E-state index contributed by atoms with van der Waals surface area (Å²) in [7, 11) is -4.08. The molecule has 0 radical (unpaired) electrons. The third kappa shape index (κ3) is 2.50. The standard InChI is InChI=1S/C16H20O3S2/c1-3-16-14(7-8-21(16,18)19)11(2)13-6-4-5-12-9-20(17)10-15(12)13/h3,9-10,13H,4-8H2,1-2H3. The van der Waals surface area contributed by atoms with Crippen LogP contribution >= 0.6 is 0 Å². The second-order valence-corrected chi connectivity index (χ2v) is 9.08. The summed E-state index contributed by atoms with van der Waals surface area (Å²) < 4.78 is 35.9. The lowest BCUT2D eigenvalue weighted by Crippen LogP contribution is -2.14. The summed E-state index contributed by atoms with van der Waals surface area (Å²) in [6.45, 7) is 3.84. The topological polar surface area (TPSA) is 51.2 Å². The van der Waals surface area contributed by atoms with Crippen LogP contribution in [0.25, 0.3) is 0 Å². The number of sulfone groups is 1. The van der Waals surface area contributed by atoms with Crippen molar-refractivity contribution in [3.63, 3.8) is 0 Å². The molecule has 21 heavy (non-hydrogen) atoms. The van der Waals surface area contributed by atoms with Crippen molar-refractivity contribution in [2.75, 3.05) is 5.75 Å². The molecule has 5 heteroatoms. The van der Waals surface area contributed by atoms with E-state index in [1.807, 2.05) is 10.8 Å². The first-order valence-corrected chi connectivity index (χ1v) is 10.3. The summed E-state index contributed by atoms with van der Waals surface area (Å²) >= 11 is 0. The second kappa shape index (κ2) is 5.36. The van der Waals surface area contributed by atoms with Crippen molar-refractivity contribution in [3.05, 3.63) is 44.1 Å². The Kier molecular flexibility index (Phi) is 3.82. The van der Waals surface area contributed by atoms with E-state index in [4.69, 9.17) is 0 Å². The molecule has 0 spiro atoms. The maximum atomic E-state index is 12.1. The van der Waals surface area contributed by atoms with Gasteiger partial charge in [-0.05, 0) is 56.3 Å².